The van der Waals surface area contributed by atoms with E-state index >= 15 is 0 Å². The van der Waals surface area contributed by atoms with E-state index in [0.29, 0.717) is 0 Å². The van der Waals surface area contributed by atoms with Crippen LogP contribution in [0.3, 0.4) is 0 Å². The lowest BCUT2D eigenvalue weighted by Crippen LogP contribution is -2.08. The molecular weight excluding hydrogens is 140 g/mol. The quantitative estimate of drug-likeness (QED) is 0.519. The van der Waals surface area contributed by atoms with Gasteiger partial charge in [-0.1, -0.05) is 6.92 Å². The average molecular weight is 148 g/mol. The molecule has 0 N–H and O–H groups in total. The SMILES string of the molecule is CCC(C(C)=O)=S(=O)=O. The molecule has 0 aliphatic rings. The molecule has 0 rings (SSSR count). The van der Waals surface area contributed by atoms with Crippen LogP contribution in [0.25, 0.3) is 0 Å². The summed E-state index contributed by atoms with van der Waals surface area (Å²) in [5.74, 6) is -0.370. The molecule has 3 nitrogen and oxygen atoms in total. The molecule has 0 heterocycles. The third kappa shape index (κ3) is 2.41. The summed E-state index contributed by atoms with van der Waals surface area (Å²) in [5.41, 5.74) is 0. The Kier molecular flexibility index (Phi) is 3.16. The second-order valence-corrected chi connectivity index (χ2v) is 2.53. The van der Waals surface area contributed by atoms with Crippen molar-refractivity contribution < 1.29 is 13.2 Å². The van der Waals surface area contributed by atoms with Crippen LogP contribution in [0, 0.1) is 0 Å². The molecule has 0 unspecified atom stereocenters. The first kappa shape index (κ1) is 8.36. The highest BCUT2D eigenvalue weighted by Crippen LogP contribution is 1.82. The van der Waals surface area contributed by atoms with Crippen LogP contribution in [-0.2, 0) is 15.1 Å². The smallest absolute Gasteiger partial charge is 0.220 e. The van der Waals surface area contributed by atoms with E-state index in [9.17, 15) is 13.2 Å². The van der Waals surface area contributed by atoms with Gasteiger partial charge in [0.15, 0.2) is 5.78 Å². The van der Waals surface area contributed by atoms with Gasteiger partial charge in [0.05, 0.1) is 0 Å². The zero-order chi connectivity index (χ0) is 7.44. The summed E-state index contributed by atoms with van der Waals surface area (Å²) in [5, 5.41) is 0. The van der Waals surface area contributed by atoms with Gasteiger partial charge in [0.25, 0.3) is 0 Å². The Morgan fingerprint density at radius 3 is 1.89 bits per heavy atom. The number of rotatable bonds is 2. The second-order valence-electron chi connectivity index (χ2n) is 1.57. The predicted octanol–water partition coefficient (Wildman–Crippen LogP) is 0.0369. The van der Waals surface area contributed by atoms with Crippen LogP contribution in [0.1, 0.15) is 20.3 Å². The van der Waals surface area contributed by atoms with Crippen molar-refractivity contribution in [3.63, 3.8) is 0 Å². The molecular formula is C5H8O3S. The molecule has 0 aromatic carbocycles. The van der Waals surface area contributed by atoms with Crippen molar-refractivity contribution in [2.24, 2.45) is 0 Å². The fourth-order valence-electron chi connectivity index (χ4n) is 0.484. The molecule has 0 amide bonds. The van der Waals surface area contributed by atoms with Crippen molar-refractivity contribution in [1.82, 2.24) is 0 Å². The minimum absolute atomic E-state index is 0.0324. The lowest BCUT2D eigenvalue weighted by molar-refractivity contribution is -0.111. The second kappa shape index (κ2) is 3.40. The highest BCUT2D eigenvalue weighted by molar-refractivity contribution is 7.74. The maximum atomic E-state index is 10.4. The van der Waals surface area contributed by atoms with Gasteiger partial charge < -0.3 is 0 Å². The molecule has 4 heteroatoms. The first-order valence-electron chi connectivity index (χ1n) is 2.55. The van der Waals surface area contributed by atoms with Crippen LogP contribution in [0.2, 0.25) is 0 Å². The number of Topliss-reactive ketones (excluding diaryl/α,β-unsaturated/α-hetero) is 1. The van der Waals surface area contributed by atoms with Crippen molar-refractivity contribution in [2.75, 3.05) is 0 Å². The minimum Gasteiger partial charge on any atom is -0.294 e. The summed E-state index contributed by atoms with van der Waals surface area (Å²) in [4.78, 5) is 10.4. The summed E-state index contributed by atoms with van der Waals surface area (Å²) in [6, 6.07) is 0. The first-order valence-corrected chi connectivity index (χ1v) is 3.63. The lowest BCUT2D eigenvalue weighted by atomic mass is 10.2. The summed E-state index contributed by atoms with van der Waals surface area (Å²) < 4.78 is 20.2. The van der Waals surface area contributed by atoms with Crippen LogP contribution >= 0.6 is 0 Å². The Morgan fingerprint density at radius 1 is 1.44 bits per heavy atom. The highest BCUT2D eigenvalue weighted by atomic mass is 32.2. The van der Waals surface area contributed by atoms with Gasteiger partial charge in [0, 0.05) is 0 Å². The number of carbonyl (C=O) groups is 1. The highest BCUT2D eigenvalue weighted by Gasteiger charge is 2.02. The van der Waals surface area contributed by atoms with E-state index in [1.54, 1.807) is 6.92 Å². The molecule has 0 aliphatic heterocycles. The summed E-state index contributed by atoms with van der Waals surface area (Å²) in [6.45, 7) is 2.88. The summed E-state index contributed by atoms with van der Waals surface area (Å²) in [7, 11) is -2.32. The monoisotopic (exact) mass is 148 g/mol. The average Bonchev–Trinajstić information content (AvgIpc) is 1.64. The lowest BCUT2D eigenvalue weighted by Gasteiger charge is -1.86. The van der Waals surface area contributed by atoms with E-state index in [1.807, 2.05) is 0 Å². The van der Waals surface area contributed by atoms with Gasteiger partial charge in [0.1, 0.15) is 4.86 Å². The van der Waals surface area contributed by atoms with E-state index < -0.39 is 10.3 Å². The first-order chi connectivity index (χ1) is 4.09. The van der Waals surface area contributed by atoms with Gasteiger partial charge in [-0.3, -0.25) is 4.79 Å². The standard InChI is InChI=1S/C5H8O3S/c1-3-5(4(2)6)9(7)8/h3H2,1-2H3. The molecule has 0 atom stereocenters. The molecule has 0 saturated carbocycles. The Bertz CT molecular complexity index is 227. The normalized spacial score (nSPS) is 8.67. The van der Waals surface area contributed by atoms with E-state index in [0.717, 1.165) is 0 Å². The fraction of sp³-hybridized carbons (Fsp3) is 0.600. The molecule has 0 radical (unpaired) electrons. The summed E-state index contributed by atoms with van der Waals surface area (Å²) >= 11 is 0. The maximum Gasteiger partial charge on any atom is 0.220 e. The zero-order valence-corrected chi connectivity index (χ0v) is 6.16. The number of ketones is 1. The molecule has 0 fully saturated rings. The van der Waals surface area contributed by atoms with Crippen molar-refractivity contribution >= 4 is 20.9 Å². The largest absolute Gasteiger partial charge is 0.294 e. The van der Waals surface area contributed by atoms with E-state index in [-0.39, 0.29) is 17.1 Å². The molecule has 0 aromatic rings. The van der Waals surface area contributed by atoms with Crippen molar-refractivity contribution in [3.8, 4) is 0 Å². The molecule has 0 aromatic heterocycles. The van der Waals surface area contributed by atoms with Crippen LogP contribution in [-0.4, -0.2) is 19.1 Å². The third-order valence-corrected chi connectivity index (χ3v) is 1.89. The topological polar surface area (TPSA) is 51.2 Å². The van der Waals surface area contributed by atoms with Gasteiger partial charge in [-0.2, -0.15) is 8.42 Å². The van der Waals surface area contributed by atoms with Crippen LogP contribution < -0.4 is 0 Å². The van der Waals surface area contributed by atoms with Crippen LogP contribution in [0.15, 0.2) is 0 Å². The van der Waals surface area contributed by atoms with Gasteiger partial charge >= 0.3 is 0 Å². The van der Waals surface area contributed by atoms with Gasteiger partial charge in [-0.15, -0.1) is 0 Å². The van der Waals surface area contributed by atoms with Gasteiger partial charge in [-0.25, -0.2) is 0 Å². The Balaban J connectivity index is 4.80. The van der Waals surface area contributed by atoms with E-state index in [1.165, 1.54) is 6.92 Å². The maximum absolute atomic E-state index is 10.4. The third-order valence-electron chi connectivity index (χ3n) is 0.915. The Hall–Kier alpha value is -0.640. The molecule has 9 heavy (non-hydrogen) atoms. The number of hydrogen-bond donors (Lipinski definition) is 0. The number of carbonyl (C=O) groups excluding carboxylic acids is 1. The van der Waals surface area contributed by atoms with Gasteiger partial charge in [0.2, 0.25) is 10.3 Å². The Labute approximate surface area is 55.2 Å². The number of hydrogen-bond acceptors (Lipinski definition) is 3. The minimum atomic E-state index is -2.32. The molecule has 52 valence electrons. The fourth-order valence-corrected chi connectivity index (χ4v) is 0.955. The Morgan fingerprint density at radius 2 is 1.89 bits per heavy atom. The van der Waals surface area contributed by atoms with Crippen LogP contribution in [0.4, 0.5) is 0 Å². The van der Waals surface area contributed by atoms with E-state index in [2.05, 4.69) is 0 Å². The van der Waals surface area contributed by atoms with Gasteiger partial charge in [-0.05, 0) is 13.3 Å². The van der Waals surface area contributed by atoms with Crippen molar-refractivity contribution in [1.29, 1.82) is 0 Å². The molecule has 0 aliphatic carbocycles. The zero-order valence-electron chi connectivity index (χ0n) is 5.34. The molecule has 0 spiro atoms. The van der Waals surface area contributed by atoms with Crippen molar-refractivity contribution in [3.05, 3.63) is 0 Å². The molecule has 0 saturated heterocycles. The molecule has 0 bridgehead atoms. The predicted molar refractivity (Wildman–Crippen MR) is 34.9 cm³/mol. The van der Waals surface area contributed by atoms with Crippen LogP contribution in [0.5, 0.6) is 0 Å². The van der Waals surface area contributed by atoms with Crippen molar-refractivity contribution in [2.45, 2.75) is 20.3 Å². The van der Waals surface area contributed by atoms with E-state index in [4.69, 9.17) is 0 Å². The summed E-state index contributed by atoms with van der Waals surface area (Å²) in [6.07, 6.45) is 0.283.